The number of amides is 1. The third-order valence-corrected chi connectivity index (χ3v) is 5.97. The zero-order valence-electron chi connectivity index (χ0n) is 13.3. The molecule has 1 aliphatic rings. The van der Waals surface area contributed by atoms with Gasteiger partial charge in [0.25, 0.3) is 5.91 Å². The maximum atomic E-state index is 14.3. The minimum Gasteiger partial charge on any atom is -0.383 e. The third-order valence-electron chi connectivity index (χ3n) is 4.49. The Morgan fingerprint density at radius 2 is 2.14 bits per heavy atom. The highest BCUT2D eigenvalue weighted by molar-refractivity contribution is 7.11. The van der Waals surface area contributed by atoms with Crippen LogP contribution in [-0.4, -0.2) is 39.5 Å². The van der Waals surface area contributed by atoms with Crippen molar-refractivity contribution in [3.8, 4) is 0 Å². The number of thiazole rings is 1. The van der Waals surface area contributed by atoms with Crippen molar-refractivity contribution in [2.75, 3.05) is 7.05 Å². The van der Waals surface area contributed by atoms with Crippen molar-refractivity contribution < 1.29 is 18.7 Å². The van der Waals surface area contributed by atoms with E-state index in [2.05, 4.69) is 4.98 Å². The van der Waals surface area contributed by atoms with Crippen LogP contribution in [-0.2, 0) is 11.2 Å². The number of aliphatic hydroxyl groups is 1. The van der Waals surface area contributed by atoms with Gasteiger partial charge in [-0.25, -0.2) is 4.98 Å². The number of carbonyl (C=O) groups is 1. The molecule has 0 radical (unpaired) electrons. The van der Waals surface area contributed by atoms with Crippen LogP contribution in [0, 0.1) is 6.92 Å². The first-order chi connectivity index (χ1) is 10.1. The molecule has 2 rings (SSSR count). The first-order valence-corrected chi connectivity index (χ1v) is 8.29. The summed E-state index contributed by atoms with van der Waals surface area (Å²) in [4.78, 5) is 18.4. The summed E-state index contributed by atoms with van der Waals surface area (Å²) in [6.07, 6.45) is 1.22. The molecular formula is C15H22F2N2O2S. The molecule has 0 aromatic carbocycles. The number of alkyl halides is 2. The van der Waals surface area contributed by atoms with Crippen molar-refractivity contribution in [1.82, 2.24) is 9.88 Å². The second-order valence-corrected chi connectivity index (χ2v) is 7.08. The zero-order valence-corrected chi connectivity index (χ0v) is 14.1. The molecule has 1 aliphatic carbocycles. The molecule has 0 saturated heterocycles. The minimum absolute atomic E-state index is 0.0342. The van der Waals surface area contributed by atoms with Crippen LogP contribution in [0.3, 0.4) is 0 Å². The van der Waals surface area contributed by atoms with Gasteiger partial charge in [-0.15, -0.1) is 11.3 Å². The van der Waals surface area contributed by atoms with E-state index in [-0.39, 0.29) is 12.8 Å². The van der Waals surface area contributed by atoms with Gasteiger partial charge in [-0.2, -0.15) is 8.78 Å². The van der Waals surface area contributed by atoms with E-state index in [1.54, 1.807) is 6.92 Å². The third kappa shape index (κ3) is 2.65. The van der Waals surface area contributed by atoms with Crippen molar-refractivity contribution in [2.45, 2.75) is 64.0 Å². The second kappa shape index (κ2) is 5.85. The minimum atomic E-state index is -3.75. The molecule has 124 valence electrons. The normalized spacial score (nSPS) is 18.7. The monoisotopic (exact) mass is 332 g/mol. The Morgan fingerprint density at radius 3 is 2.55 bits per heavy atom. The Bertz CT molecular complexity index is 570. The molecule has 1 N–H and O–H groups in total. The molecule has 1 atom stereocenters. The van der Waals surface area contributed by atoms with Gasteiger partial charge < -0.3 is 10.0 Å². The number of hydrogen-bond donors (Lipinski definition) is 1. The molecule has 0 aliphatic heterocycles. The van der Waals surface area contributed by atoms with Crippen molar-refractivity contribution in [3.05, 3.63) is 15.6 Å². The van der Waals surface area contributed by atoms with E-state index in [0.717, 1.165) is 26.9 Å². The van der Waals surface area contributed by atoms with Crippen molar-refractivity contribution in [1.29, 1.82) is 0 Å². The van der Waals surface area contributed by atoms with Crippen LogP contribution in [0.2, 0.25) is 0 Å². The quantitative estimate of drug-likeness (QED) is 0.901. The molecule has 1 saturated carbocycles. The number of nitrogens with zero attached hydrogens (tertiary/aromatic N) is 2. The second-order valence-electron chi connectivity index (χ2n) is 5.96. The van der Waals surface area contributed by atoms with Crippen LogP contribution in [0.15, 0.2) is 0 Å². The first-order valence-electron chi connectivity index (χ1n) is 7.47. The molecule has 1 unspecified atom stereocenters. The van der Waals surface area contributed by atoms with Gasteiger partial charge in [-0.1, -0.05) is 6.92 Å². The maximum Gasteiger partial charge on any atom is 0.352 e. The Kier molecular flexibility index (Phi) is 4.59. The summed E-state index contributed by atoms with van der Waals surface area (Å²) in [7, 11) is 1.35. The van der Waals surface area contributed by atoms with Gasteiger partial charge in [-0.05, 0) is 39.5 Å². The molecule has 1 fully saturated rings. The molecular weight excluding hydrogens is 310 g/mol. The summed E-state index contributed by atoms with van der Waals surface area (Å²) < 4.78 is 28.6. The Labute approximate surface area is 133 Å². The number of carbonyl (C=O) groups excluding carboxylic acids is 1. The van der Waals surface area contributed by atoms with Crippen molar-refractivity contribution >= 4 is 17.2 Å². The predicted molar refractivity (Wildman–Crippen MR) is 81.2 cm³/mol. The van der Waals surface area contributed by atoms with Gasteiger partial charge >= 0.3 is 5.92 Å². The lowest BCUT2D eigenvalue weighted by molar-refractivity contribution is -0.223. The Morgan fingerprint density at radius 1 is 1.55 bits per heavy atom. The van der Waals surface area contributed by atoms with Gasteiger partial charge in [0.15, 0.2) is 0 Å². The molecule has 22 heavy (non-hydrogen) atoms. The fourth-order valence-electron chi connectivity index (χ4n) is 2.60. The number of halogens is 2. The number of aromatic nitrogens is 1. The highest BCUT2D eigenvalue weighted by Crippen LogP contribution is 2.45. The Balaban J connectivity index is 2.20. The van der Waals surface area contributed by atoms with Gasteiger partial charge in [0, 0.05) is 11.9 Å². The van der Waals surface area contributed by atoms with Gasteiger partial charge in [0.05, 0.1) is 16.7 Å². The average molecular weight is 332 g/mol. The standard InChI is InChI=1S/C15H22F2N2O2S/c1-5-11-18-9(2)12(22-11)10(3)19(4)13(20)15(16,17)14(21)7-6-8-14/h10,21H,5-8H2,1-4H3. The molecule has 1 amide bonds. The van der Waals surface area contributed by atoms with Crippen LogP contribution in [0.5, 0.6) is 0 Å². The summed E-state index contributed by atoms with van der Waals surface area (Å²) >= 11 is 1.44. The summed E-state index contributed by atoms with van der Waals surface area (Å²) in [6.45, 7) is 5.50. The number of hydrogen-bond acceptors (Lipinski definition) is 4. The molecule has 4 nitrogen and oxygen atoms in total. The van der Waals surface area contributed by atoms with E-state index in [1.807, 2.05) is 13.8 Å². The van der Waals surface area contributed by atoms with Crippen molar-refractivity contribution in [3.63, 3.8) is 0 Å². The highest BCUT2D eigenvalue weighted by atomic mass is 32.1. The average Bonchev–Trinajstić information content (AvgIpc) is 2.83. The number of rotatable bonds is 5. The number of aryl methyl sites for hydroxylation is 2. The smallest absolute Gasteiger partial charge is 0.352 e. The largest absolute Gasteiger partial charge is 0.383 e. The van der Waals surface area contributed by atoms with Crippen LogP contribution >= 0.6 is 11.3 Å². The molecule has 7 heteroatoms. The van der Waals surface area contributed by atoms with E-state index in [4.69, 9.17) is 0 Å². The molecule has 1 heterocycles. The first kappa shape index (κ1) is 17.3. The Hall–Kier alpha value is -1.08. The highest BCUT2D eigenvalue weighted by Gasteiger charge is 2.62. The van der Waals surface area contributed by atoms with E-state index in [1.165, 1.54) is 18.4 Å². The summed E-state index contributed by atoms with van der Waals surface area (Å²) in [6, 6.07) is -0.500. The molecule has 0 spiro atoms. The van der Waals surface area contributed by atoms with E-state index in [0.29, 0.717) is 6.42 Å². The lowest BCUT2D eigenvalue weighted by atomic mass is 9.75. The fraction of sp³-hybridized carbons (Fsp3) is 0.733. The maximum absolute atomic E-state index is 14.3. The van der Waals surface area contributed by atoms with Gasteiger partial charge in [-0.3, -0.25) is 4.79 Å². The van der Waals surface area contributed by atoms with Crippen LogP contribution in [0.1, 0.15) is 54.7 Å². The van der Waals surface area contributed by atoms with E-state index in [9.17, 15) is 18.7 Å². The molecule has 0 bridgehead atoms. The topological polar surface area (TPSA) is 53.4 Å². The lowest BCUT2D eigenvalue weighted by Gasteiger charge is -2.43. The van der Waals surface area contributed by atoms with Gasteiger partial charge in [0.1, 0.15) is 5.60 Å². The SMILES string of the molecule is CCc1nc(C)c(C(C)N(C)C(=O)C(F)(F)C2(O)CCC2)s1. The van der Waals surface area contributed by atoms with Crippen molar-refractivity contribution in [2.24, 2.45) is 0 Å². The molecule has 1 aromatic heterocycles. The zero-order chi connectivity index (χ0) is 16.7. The van der Waals surface area contributed by atoms with E-state index >= 15 is 0 Å². The van der Waals surface area contributed by atoms with Crippen LogP contribution in [0.4, 0.5) is 8.78 Å². The van der Waals surface area contributed by atoms with Crippen LogP contribution < -0.4 is 0 Å². The van der Waals surface area contributed by atoms with Crippen LogP contribution in [0.25, 0.3) is 0 Å². The molecule has 1 aromatic rings. The van der Waals surface area contributed by atoms with Gasteiger partial charge in [0.2, 0.25) is 0 Å². The van der Waals surface area contributed by atoms with E-state index < -0.39 is 23.5 Å². The summed E-state index contributed by atoms with van der Waals surface area (Å²) in [5.74, 6) is -5.08. The predicted octanol–water partition coefficient (Wildman–Crippen LogP) is 3.08. The fourth-order valence-corrected chi connectivity index (χ4v) is 3.71. The summed E-state index contributed by atoms with van der Waals surface area (Å²) in [5.41, 5.74) is -1.42. The summed E-state index contributed by atoms with van der Waals surface area (Å²) in [5, 5.41) is 10.8. The lowest BCUT2D eigenvalue weighted by Crippen LogP contribution is -2.61.